The number of nitrogens with zero attached hydrogens (tertiary/aromatic N) is 3. The fraction of sp³-hybridized carbons (Fsp3) is 0.278. The molecule has 1 amide bonds. The summed E-state index contributed by atoms with van der Waals surface area (Å²) in [4.78, 5) is 23.4. The van der Waals surface area contributed by atoms with E-state index in [0.29, 0.717) is 5.69 Å². The number of furan rings is 1. The van der Waals surface area contributed by atoms with Gasteiger partial charge in [0.2, 0.25) is 5.91 Å². The van der Waals surface area contributed by atoms with Crippen molar-refractivity contribution in [3.05, 3.63) is 47.8 Å². The Labute approximate surface area is 149 Å². The molecule has 1 aliphatic rings. The summed E-state index contributed by atoms with van der Waals surface area (Å²) in [6, 6.07) is 7.53. The van der Waals surface area contributed by atoms with Gasteiger partial charge in [0.15, 0.2) is 10.8 Å². The van der Waals surface area contributed by atoms with E-state index in [1.165, 1.54) is 24.2 Å². The summed E-state index contributed by atoms with van der Waals surface area (Å²) < 4.78 is 5.32. The molecule has 1 saturated heterocycles. The highest BCUT2D eigenvalue weighted by Gasteiger charge is 2.14. The van der Waals surface area contributed by atoms with Gasteiger partial charge >= 0.3 is 0 Å². The maximum atomic E-state index is 12.2. The van der Waals surface area contributed by atoms with Crippen LogP contribution in [0.15, 0.2) is 46.5 Å². The topological polar surface area (TPSA) is 71.3 Å². The monoisotopic (exact) mass is 354 g/mol. The van der Waals surface area contributed by atoms with Gasteiger partial charge in [0.25, 0.3) is 0 Å². The van der Waals surface area contributed by atoms with Crippen molar-refractivity contribution in [3.63, 3.8) is 0 Å². The maximum absolute atomic E-state index is 12.2. The van der Waals surface area contributed by atoms with Crippen LogP contribution in [0.5, 0.6) is 0 Å². The van der Waals surface area contributed by atoms with Gasteiger partial charge in [-0.1, -0.05) is 0 Å². The summed E-state index contributed by atoms with van der Waals surface area (Å²) in [5, 5.41) is 5.54. The van der Waals surface area contributed by atoms with Crippen LogP contribution >= 0.6 is 11.3 Å². The molecule has 3 aromatic rings. The number of rotatable bonds is 5. The highest BCUT2D eigenvalue weighted by Crippen LogP contribution is 2.24. The van der Waals surface area contributed by atoms with Crippen molar-refractivity contribution in [2.45, 2.75) is 19.3 Å². The molecule has 1 aliphatic heterocycles. The lowest BCUT2D eigenvalue weighted by Crippen LogP contribution is -2.19. The van der Waals surface area contributed by atoms with Crippen molar-refractivity contribution in [2.24, 2.45) is 0 Å². The molecule has 0 aliphatic carbocycles. The van der Waals surface area contributed by atoms with Crippen LogP contribution in [0.1, 0.15) is 18.5 Å². The van der Waals surface area contributed by atoms with Gasteiger partial charge in [0.05, 0.1) is 30.3 Å². The van der Waals surface area contributed by atoms with E-state index in [2.05, 4.69) is 20.2 Å². The first kappa shape index (κ1) is 15.8. The van der Waals surface area contributed by atoms with Crippen LogP contribution in [-0.2, 0) is 11.2 Å². The van der Waals surface area contributed by atoms with Crippen molar-refractivity contribution in [1.82, 2.24) is 9.97 Å². The first-order valence-corrected chi connectivity index (χ1v) is 9.15. The van der Waals surface area contributed by atoms with Crippen molar-refractivity contribution < 1.29 is 9.21 Å². The molecule has 0 aromatic carbocycles. The highest BCUT2D eigenvalue weighted by molar-refractivity contribution is 7.13. The number of aromatic nitrogens is 2. The van der Waals surface area contributed by atoms with Crippen molar-refractivity contribution in [2.75, 3.05) is 23.3 Å². The summed E-state index contributed by atoms with van der Waals surface area (Å²) in [5.41, 5.74) is 1.44. The van der Waals surface area contributed by atoms with Gasteiger partial charge in [0, 0.05) is 18.5 Å². The molecule has 0 bridgehead atoms. The van der Waals surface area contributed by atoms with E-state index in [-0.39, 0.29) is 12.3 Å². The number of hydrogen-bond acceptors (Lipinski definition) is 6. The number of hydrogen-bond donors (Lipinski definition) is 1. The normalized spacial score (nSPS) is 14.0. The third-order valence-electron chi connectivity index (χ3n) is 4.09. The fourth-order valence-corrected chi connectivity index (χ4v) is 3.65. The zero-order chi connectivity index (χ0) is 17.1. The largest absolute Gasteiger partial charge is 0.462 e. The standard InChI is InChI=1S/C18H18N4O2S/c23-17(10-14-12-25-18(21-14)15-4-3-9-24-15)20-13-5-6-16(19-11-13)22-7-1-2-8-22/h3-6,9,11-12H,1-2,7-8,10H2,(H,20,23). The number of carbonyl (C=O) groups excluding carboxylic acids is 1. The Morgan fingerprint density at radius 2 is 2.16 bits per heavy atom. The van der Waals surface area contributed by atoms with Gasteiger partial charge in [-0.2, -0.15) is 0 Å². The lowest BCUT2D eigenvalue weighted by molar-refractivity contribution is -0.115. The molecule has 4 rings (SSSR count). The summed E-state index contributed by atoms with van der Waals surface area (Å²) in [7, 11) is 0. The summed E-state index contributed by atoms with van der Waals surface area (Å²) >= 11 is 1.47. The Hall–Kier alpha value is -2.67. The van der Waals surface area contributed by atoms with Gasteiger partial charge in [-0.3, -0.25) is 4.79 Å². The van der Waals surface area contributed by atoms with Crippen molar-refractivity contribution >= 4 is 28.7 Å². The fourth-order valence-electron chi connectivity index (χ4n) is 2.86. The van der Waals surface area contributed by atoms with E-state index in [9.17, 15) is 4.79 Å². The van der Waals surface area contributed by atoms with E-state index in [0.717, 1.165) is 35.4 Å². The maximum Gasteiger partial charge on any atom is 0.230 e. The Bertz CT molecular complexity index is 836. The number of amides is 1. The Balaban J connectivity index is 1.35. The summed E-state index contributed by atoms with van der Waals surface area (Å²) in [6.45, 7) is 2.11. The molecular weight excluding hydrogens is 336 g/mol. The average Bonchev–Trinajstić information content (AvgIpc) is 3.37. The van der Waals surface area contributed by atoms with E-state index in [1.807, 2.05) is 29.6 Å². The van der Waals surface area contributed by atoms with Gasteiger partial charge < -0.3 is 14.6 Å². The second kappa shape index (κ2) is 7.06. The predicted molar refractivity (Wildman–Crippen MR) is 97.8 cm³/mol. The Morgan fingerprint density at radius 1 is 1.28 bits per heavy atom. The van der Waals surface area contributed by atoms with Crippen LogP contribution in [0.4, 0.5) is 11.5 Å². The molecule has 4 heterocycles. The van der Waals surface area contributed by atoms with Crippen LogP contribution in [0.3, 0.4) is 0 Å². The van der Waals surface area contributed by atoms with Gasteiger partial charge in [-0.25, -0.2) is 9.97 Å². The van der Waals surface area contributed by atoms with E-state index < -0.39 is 0 Å². The van der Waals surface area contributed by atoms with Crippen LogP contribution in [0, 0.1) is 0 Å². The van der Waals surface area contributed by atoms with Crippen LogP contribution < -0.4 is 10.2 Å². The summed E-state index contributed by atoms with van der Waals surface area (Å²) in [6.07, 6.45) is 5.98. The molecule has 0 atom stereocenters. The van der Waals surface area contributed by atoms with Crippen molar-refractivity contribution in [3.8, 4) is 10.8 Å². The average molecular weight is 354 g/mol. The molecule has 7 heteroatoms. The van der Waals surface area contributed by atoms with Crippen LogP contribution in [-0.4, -0.2) is 29.0 Å². The zero-order valence-corrected chi connectivity index (χ0v) is 14.5. The minimum absolute atomic E-state index is 0.105. The second-order valence-corrected chi connectivity index (χ2v) is 6.80. The highest BCUT2D eigenvalue weighted by atomic mass is 32.1. The predicted octanol–water partition coefficient (Wildman–Crippen LogP) is 3.58. The Kier molecular flexibility index (Phi) is 4.47. The molecule has 128 valence electrons. The second-order valence-electron chi connectivity index (χ2n) is 5.95. The van der Waals surface area contributed by atoms with Gasteiger partial charge in [-0.15, -0.1) is 11.3 Å². The number of nitrogens with one attached hydrogen (secondary N) is 1. The molecular formula is C18H18N4O2S. The van der Waals surface area contributed by atoms with Gasteiger partial charge in [0.1, 0.15) is 5.82 Å². The Morgan fingerprint density at radius 3 is 2.88 bits per heavy atom. The van der Waals surface area contributed by atoms with E-state index in [4.69, 9.17) is 4.42 Å². The molecule has 1 fully saturated rings. The molecule has 0 radical (unpaired) electrons. The number of pyridine rings is 1. The molecule has 3 aromatic heterocycles. The first-order chi connectivity index (χ1) is 12.3. The first-order valence-electron chi connectivity index (χ1n) is 8.27. The molecule has 1 N–H and O–H groups in total. The molecule has 25 heavy (non-hydrogen) atoms. The minimum Gasteiger partial charge on any atom is -0.462 e. The molecule has 0 spiro atoms. The number of carbonyl (C=O) groups is 1. The molecule has 0 unspecified atom stereocenters. The van der Waals surface area contributed by atoms with Crippen LogP contribution in [0.2, 0.25) is 0 Å². The van der Waals surface area contributed by atoms with Crippen molar-refractivity contribution in [1.29, 1.82) is 0 Å². The number of anilines is 2. The van der Waals surface area contributed by atoms with Gasteiger partial charge in [-0.05, 0) is 37.1 Å². The minimum atomic E-state index is -0.105. The number of thiazole rings is 1. The smallest absolute Gasteiger partial charge is 0.230 e. The van der Waals surface area contributed by atoms with Crippen LogP contribution in [0.25, 0.3) is 10.8 Å². The van der Waals surface area contributed by atoms with E-state index in [1.54, 1.807) is 12.5 Å². The third kappa shape index (κ3) is 3.71. The third-order valence-corrected chi connectivity index (χ3v) is 4.99. The molecule has 6 nitrogen and oxygen atoms in total. The SMILES string of the molecule is O=C(Cc1csc(-c2ccco2)n1)Nc1ccc(N2CCCC2)nc1. The lowest BCUT2D eigenvalue weighted by Gasteiger charge is -2.16. The van der Waals surface area contributed by atoms with E-state index >= 15 is 0 Å². The lowest BCUT2D eigenvalue weighted by atomic mass is 10.3. The quantitative estimate of drug-likeness (QED) is 0.758. The summed E-state index contributed by atoms with van der Waals surface area (Å²) in [5.74, 6) is 1.59. The molecule has 0 saturated carbocycles. The zero-order valence-electron chi connectivity index (χ0n) is 13.6.